The van der Waals surface area contributed by atoms with E-state index in [1.165, 1.54) is 7.11 Å². The van der Waals surface area contributed by atoms with Crippen molar-refractivity contribution in [3.63, 3.8) is 0 Å². The number of rotatable bonds is 3. The monoisotopic (exact) mass is 254 g/mol. The van der Waals surface area contributed by atoms with Crippen molar-refractivity contribution in [2.24, 2.45) is 0 Å². The first-order valence-corrected chi connectivity index (χ1v) is 6.16. The molecule has 1 saturated heterocycles. The molecule has 1 fully saturated rings. The van der Waals surface area contributed by atoms with Crippen LogP contribution in [0, 0.1) is 0 Å². The minimum Gasteiger partial charge on any atom is -0.467 e. The van der Waals surface area contributed by atoms with Crippen molar-refractivity contribution in [3.8, 4) is 0 Å². The molecule has 19 heavy (non-hydrogen) atoms. The second kappa shape index (κ2) is 4.52. The number of epoxide rings is 1. The molecule has 0 spiro atoms. The lowest BCUT2D eigenvalue weighted by molar-refractivity contribution is -0.147. The molecule has 1 aliphatic rings. The second-order valence-corrected chi connectivity index (χ2v) is 4.50. The quantitative estimate of drug-likeness (QED) is 0.624. The number of benzene rings is 2. The Kier molecular flexibility index (Phi) is 2.84. The highest BCUT2D eigenvalue weighted by Gasteiger charge is 2.65. The fourth-order valence-corrected chi connectivity index (χ4v) is 2.41. The number of esters is 1. The minimum atomic E-state index is -0.989. The van der Waals surface area contributed by atoms with Gasteiger partial charge in [0.15, 0.2) is 0 Å². The van der Waals surface area contributed by atoms with Crippen LogP contribution in [0.3, 0.4) is 0 Å². The molecule has 1 heterocycles. The average molecular weight is 254 g/mol. The lowest BCUT2D eigenvalue weighted by atomic mass is 9.92. The van der Waals surface area contributed by atoms with Gasteiger partial charge >= 0.3 is 5.97 Å². The van der Waals surface area contributed by atoms with Gasteiger partial charge in [-0.05, 0) is 11.1 Å². The molecule has 2 aromatic rings. The SMILES string of the molecule is COC(=O)[C@]1(c2ccccc2)O[C@@H]1c1ccccc1. The summed E-state index contributed by atoms with van der Waals surface area (Å²) in [4.78, 5) is 12.1. The van der Waals surface area contributed by atoms with E-state index in [9.17, 15) is 4.79 Å². The number of ether oxygens (including phenoxy) is 2. The third-order valence-corrected chi connectivity index (χ3v) is 3.41. The van der Waals surface area contributed by atoms with Gasteiger partial charge in [-0.25, -0.2) is 4.79 Å². The van der Waals surface area contributed by atoms with Crippen molar-refractivity contribution >= 4 is 5.97 Å². The van der Waals surface area contributed by atoms with Crippen LogP contribution in [-0.4, -0.2) is 13.1 Å². The highest BCUT2D eigenvalue weighted by atomic mass is 16.7. The first kappa shape index (κ1) is 11.9. The summed E-state index contributed by atoms with van der Waals surface area (Å²) in [6.45, 7) is 0. The van der Waals surface area contributed by atoms with Crippen molar-refractivity contribution in [2.45, 2.75) is 11.7 Å². The predicted octanol–water partition coefficient (Wildman–Crippen LogP) is 2.83. The Morgan fingerprint density at radius 3 is 2.21 bits per heavy atom. The van der Waals surface area contributed by atoms with Gasteiger partial charge in [-0.3, -0.25) is 0 Å². The number of carbonyl (C=O) groups excluding carboxylic acids is 1. The molecule has 1 aliphatic heterocycles. The van der Waals surface area contributed by atoms with E-state index < -0.39 is 5.60 Å². The molecule has 2 atom stereocenters. The fraction of sp³-hybridized carbons (Fsp3) is 0.188. The number of carbonyl (C=O) groups is 1. The maximum atomic E-state index is 12.1. The van der Waals surface area contributed by atoms with Crippen molar-refractivity contribution < 1.29 is 14.3 Å². The molecular formula is C16H14O3. The molecule has 0 aliphatic carbocycles. The van der Waals surface area contributed by atoms with Crippen LogP contribution in [0.1, 0.15) is 17.2 Å². The highest BCUT2D eigenvalue weighted by Crippen LogP contribution is 2.57. The first-order chi connectivity index (χ1) is 9.29. The van der Waals surface area contributed by atoms with E-state index in [1.807, 2.05) is 60.7 Å². The van der Waals surface area contributed by atoms with E-state index in [4.69, 9.17) is 9.47 Å². The lowest BCUT2D eigenvalue weighted by Gasteiger charge is -2.11. The van der Waals surface area contributed by atoms with E-state index in [2.05, 4.69) is 0 Å². The highest BCUT2D eigenvalue weighted by molar-refractivity contribution is 5.85. The normalized spacial score (nSPS) is 24.8. The second-order valence-electron chi connectivity index (χ2n) is 4.50. The zero-order valence-corrected chi connectivity index (χ0v) is 10.6. The van der Waals surface area contributed by atoms with E-state index in [0.29, 0.717) is 0 Å². The fourth-order valence-electron chi connectivity index (χ4n) is 2.41. The van der Waals surface area contributed by atoms with Crippen LogP contribution in [0.25, 0.3) is 0 Å². The van der Waals surface area contributed by atoms with Gasteiger partial charge in [0.05, 0.1) is 7.11 Å². The summed E-state index contributed by atoms with van der Waals surface area (Å²) < 4.78 is 10.7. The zero-order valence-electron chi connectivity index (χ0n) is 10.6. The molecule has 3 rings (SSSR count). The maximum absolute atomic E-state index is 12.1. The van der Waals surface area contributed by atoms with E-state index >= 15 is 0 Å². The largest absolute Gasteiger partial charge is 0.467 e. The maximum Gasteiger partial charge on any atom is 0.346 e. The van der Waals surface area contributed by atoms with Crippen LogP contribution in [0.5, 0.6) is 0 Å². The van der Waals surface area contributed by atoms with Crippen LogP contribution in [-0.2, 0) is 19.9 Å². The summed E-state index contributed by atoms with van der Waals surface area (Å²) in [5.41, 5.74) is 0.824. The van der Waals surface area contributed by atoms with Crippen LogP contribution < -0.4 is 0 Å². The van der Waals surface area contributed by atoms with Gasteiger partial charge in [0.25, 0.3) is 0 Å². The van der Waals surface area contributed by atoms with Gasteiger partial charge < -0.3 is 9.47 Å². The summed E-state index contributed by atoms with van der Waals surface area (Å²) in [5, 5.41) is 0. The molecule has 0 N–H and O–H groups in total. The summed E-state index contributed by atoms with van der Waals surface area (Å²) >= 11 is 0. The average Bonchev–Trinajstić information content (AvgIpc) is 3.25. The van der Waals surface area contributed by atoms with Gasteiger partial charge in [0.1, 0.15) is 6.10 Å². The van der Waals surface area contributed by atoms with Gasteiger partial charge in [-0.2, -0.15) is 0 Å². The molecule has 0 unspecified atom stereocenters. The molecule has 96 valence electrons. The Hall–Kier alpha value is -2.13. The van der Waals surface area contributed by atoms with E-state index in [0.717, 1.165) is 11.1 Å². The van der Waals surface area contributed by atoms with Crippen LogP contribution >= 0.6 is 0 Å². The van der Waals surface area contributed by atoms with Crippen LogP contribution in [0.15, 0.2) is 60.7 Å². The Balaban J connectivity index is 2.01. The first-order valence-electron chi connectivity index (χ1n) is 6.16. The Labute approximate surface area is 111 Å². The van der Waals surface area contributed by atoms with Crippen molar-refractivity contribution in [2.75, 3.05) is 7.11 Å². The summed E-state index contributed by atoms with van der Waals surface area (Å²) in [6.07, 6.45) is -0.274. The predicted molar refractivity (Wildman–Crippen MR) is 70.4 cm³/mol. The standard InChI is InChI=1S/C16H14O3/c1-18-15(17)16(13-10-6-3-7-11-13)14(19-16)12-8-4-2-5-9-12/h2-11,14H,1H3/t14-,16-/m1/s1. The lowest BCUT2D eigenvalue weighted by Crippen LogP contribution is -2.24. The minimum absolute atomic E-state index is 0.274. The van der Waals surface area contributed by atoms with Crippen molar-refractivity contribution in [1.29, 1.82) is 0 Å². The van der Waals surface area contributed by atoms with Gasteiger partial charge in [0, 0.05) is 0 Å². The number of methoxy groups -OCH3 is 1. The summed E-state index contributed by atoms with van der Waals surface area (Å²) in [7, 11) is 1.39. The van der Waals surface area contributed by atoms with Gasteiger partial charge in [-0.1, -0.05) is 60.7 Å². The molecule has 0 amide bonds. The third kappa shape index (κ3) is 1.83. The Morgan fingerprint density at radius 2 is 1.63 bits per heavy atom. The summed E-state index contributed by atoms with van der Waals surface area (Å²) in [6, 6.07) is 19.2. The van der Waals surface area contributed by atoms with Crippen LogP contribution in [0.4, 0.5) is 0 Å². The molecule has 0 saturated carbocycles. The summed E-state index contributed by atoms with van der Waals surface area (Å²) in [5.74, 6) is -0.354. The topological polar surface area (TPSA) is 38.8 Å². The Morgan fingerprint density at radius 1 is 1.05 bits per heavy atom. The van der Waals surface area contributed by atoms with E-state index in [1.54, 1.807) is 0 Å². The van der Waals surface area contributed by atoms with Crippen molar-refractivity contribution in [1.82, 2.24) is 0 Å². The van der Waals surface area contributed by atoms with Crippen molar-refractivity contribution in [3.05, 3.63) is 71.8 Å². The third-order valence-electron chi connectivity index (χ3n) is 3.41. The van der Waals surface area contributed by atoms with E-state index in [-0.39, 0.29) is 12.1 Å². The van der Waals surface area contributed by atoms with Gasteiger partial charge in [-0.15, -0.1) is 0 Å². The molecule has 2 aromatic carbocycles. The smallest absolute Gasteiger partial charge is 0.346 e. The molecule has 3 nitrogen and oxygen atoms in total. The molecule has 0 radical (unpaired) electrons. The van der Waals surface area contributed by atoms with Gasteiger partial charge in [0.2, 0.25) is 5.60 Å². The molecule has 3 heteroatoms. The molecule has 0 aromatic heterocycles. The zero-order chi connectivity index (χ0) is 13.3. The number of hydrogen-bond acceptors (Lipinski definition) is 3. The molecular weight excluding hydrogens is 240 g/mol. The van der Waals surface area contributed by atoms with Crippen LogP contribution in [0.2, 0.25) is 0 Å². The number of hydrogen-bond donors (Lipinski definition) is 0. The Bertz CT molecular complexity index is 579. The molecule has 0 bridgehead atoms.